The largest absolute Gasteiger partial charge is 0.361 e. The molecular formula is C15H15N3O2. The normalized spacial score (nSPS) is 11.7. The van der Waals surface area contributed by atoms with Gasteiger partial charge in [-0.2, -0.15) is 5.26 Å². The zero-order valence-corrected chi connectivity index (χ0v) is 11.6. The number of carbonyl (C=O) groups is 1. The molecule has 2 rings (SSSR count). The Morgan fingerprint density at radius 1 is 1.35 bits per heavy atom. The first-order valence-electron chi connectivity index (χ1n) is 6.26. The summed E-state index contributed by atoms with van der Waals surface area (Å²) in [5, 5.41) is 15.4. The van der Waals surface area contributed by atoms with Gasteiger partial charge in [-0.15, -0.1) is 0 Å². The van der Waals surface area contributed by atoms with Crippen LogP contribution in [0.15, 0.2) is 28.8 Å². The highest BCUT2D eigenvalue weighted by Crippen LogP contribution is 2.16. The quantitative estimate of drug-likeness (QED) is 0.929. The summed E-state index contributed by atoms with van der Waals surface area (Å²) < 4.78 is 4.99. The Morgan fingerprint density at radius 2 is 2.00 bits per heavy atom. The molecule has 1 atom stereocenters. The van der Waals surface area contributed by atoms with Gasteiger partial charge in [0.25, 0.3) is 5.91 Å². The first-order chi connectivity index (χ1) is 9.52. The maximum Gasteiger partial charge on any atom is 0.257 e. The van der Waals surface area contributed by atoms with Gasteiger partial charge in [0.1, 0.15) is 11.3 Å². The zero-order chi connectivity index (χ0) is 14.7. The minimum atomic E-state index is -0.210. The summed E-state index contributed by atoms with van der Waals surface area (Å²) in [4.78, 5) is 12.2. The first-order valence-corrected chi connectivity index (χ1v) is 6.26. The molecule has 0 aliphatic rings. The van der Waals surface area contributed by atoms with Crippen LogP contribution in [-0.2, 0) is 0 Å². The number of benzene rings is 1. The number of hydrogen-bond donors (Lipinski definition) is 1. The number of aromatic nitrogens is 1. The van der Waals surface area contributed by atoms with Crippen molar-refractivity contribution in [3.05, 3.63) is 52.4 Å². The van der Waals surface area contributed by atoms with Crippen LogP contribution in [0.25, 0.3) is 0 Å². The van der Waals surface area contributed by atoms with Crippen molar-refractivity contribution < 1.29 is 9.32 Å². The van der Waals surface area contributed by atoms with E-state index < -0.39 is 0 Å². The minimum absolute atomic E-state index is 0.163. The number of amides is 1. The van der Waals surface area contributed by atoms with Crippen LogP contribution < -0.4 is 5.32 Å². The fourth-order valence-electron chi connectivity index (χ4n) is 2.01. The van der Waals surface area contributed by atoms with Crippen molar-refractivity contribution in [3.8, 4) is 6.07 Å². The van der Waals surface area contributed by atoms with Crippen LogP contribution in [0.4, 0.5) is 0 Å². The van der Waals surface area contributed by atoms with E-state index in [1.165, 1.54) is 0 Å². The molecular weight excluding hydrogens is 254 g/mol. The molecule has 0 aliphatic heterocycles. The molecule has 1 unspecified atom stereocenters. The second-order valence-corrected chi connectivity index (χ2v) is 4.63. The number of hydrogen-bond acceptors (Lipinski definition) is 4. The van der Waals surface area contributed by atoms with Crippen molar-refractivity contribution in [2.75, 3.05) is 0 Å². The first kappa shape index (κ1) is 13.8. The van der Waals surface area contributed by atoms with E-state index in [4.69, 9.17) is 9.78 Å². The number of nitrogens with one attached hydrogen (secondary N) is 1. The van der Waals surface area contributed by atoms with Gasteiger partial charge in [-0.25, -0.2) is 0 Å². The second-order valence-electron chi connectivity index (χ2n) is 4.63. The summed E-state index contributed by atoms with van der Waals surface area (Å²) in [5.74, 6) is 0.296. The molecule has 0 bridgehead atoms. The molecule has 1 aromatic carbocycles. The van der Waals surface area contributed by atoms with Crippen LogP contribution in [0, 0.1) is 25.2 Å². The Morgan fingerprint density at radius 3 is 2.50 bits per heavy atom. The number of nitriles is 1. The van der Waals surface area contributed by atoms with Crippen LogP contribution in [0.5, 0.6) is 0 Å². The molecule has 5 nitrogen and oxygen atoms in total. The van der Waals surface area contributed by atoms with Crippen LogP contribution in [0.1, 0.15) is 45.9 Å². The monoisotopic (exact) mass is 269 g/mol. The lowest BCUT2D eigenvalue weighted by Gasteiger charge is -2.14. The van der Waals surface area contributed by atoms with Crippen LogP contribution in [0.3, 0.4) is 0 Å². The van der Waals surface area contributed by atoms with E-state index in [0.29, 0.717) is 22.6 Å². The SMILES string of the molecule is Cc1noc(C)c1C(=O)NC(C)c1ccc(C#N)cc1. The molecule has 0 radical (unpaired) electrons. The molecule has 0 aliphatic carbocycles. The minimum Gasteiger partial charge on any atom is -0.361 e. The lowest BCUT2D eigenvalue weighted by atomic mass is 10.1. The molecule has 102 valence electrons. The Balaban J connectivity index is 2.13. The standard InChI is InChI=1S/C15H15N3O2/c1-9(13-6-4-12(8-16)5-7-13)17-15(19)14-10(2)18-20-11(14)3/h4-7,9H,1-3H3,(H,17,19). The molecule has 0 saturated heterocycles. The van der Waals surface area contributed by atoms with Crippen LogP contribution >= 0.6 is 0 Å². The average Bonchev–Trinajstić information content (AvgIpc) is 2.78. The Kier molecular flexibility index (Phi) is 3.85. The van der Waals surface area contributed by atoms with E-state index in [-0.39, 0.29) is 11.9 Å². The Hall–Kier alpha value is -2.61. The highest BCUT2D eigenvalue weighted by Gasteiger charge is 2.19. The molecule has 1 N–H and O–H groups in total. The summed E-state index contributed by atoms with van der Waals surface area (Å²) in [6.45, 7) is 5.33. The fraction of sp³-hybridized carbons (Fsp3) is 0.267. The zero-order valence-electron chi connectivity index (χ0n) is 11.6. The third-order valence-electron chi connectivity index (χ3n) is 3.15. The van der Waals surface area contributed by atoms with Crippen LogP contribution in [0.2, 0.25) is 0 Å². The van der Waals surface area contributed by atoms with E-state index in [9.17, 15) is 4.79 Å². The van der Waals surface area contributed by atoms with E-state index in [1.54, 1.807) is 26.0 Å². The van der Waals surface area contributed by atoms with E-state index in [0.717, 1.165) is 5.56 Å². The highest BCUT2D eigenvalue weighted by molar-refractivity contribution is 5.96. The molecule has 0 fully saturated rings. The van der Waals surface area contributed by atoms with Crippen molar-refractivity contribution in [1.29, 1.82) is 5.26 Å². The summed E-state index contributed by atoms with van der Waals surface area (Å²) in [6, 6.07) is 9.02. The second kappa shape index (κ2) is 5.57. The third kappa shape index (κ3) is 2.69. The average molecular weight is 269 g/mol. The number of aryl methyl sites for hydroxylation is 2. The summed E-state index contributed by atoms with van der Waals surface area (Å²) in [5.41, 5.74) is 2.58. The van der Waals surface area contributed by atoms with Crippen molar-refractivity contribution in [3.63, 3.8) is 0 Å². The molecule has 20 heavy (non-hydrogen) atoms. The van der Waals surface area contributed by atoms with Crippen LogP contribution in [-0.4, -0.2) is 11.1 Å². The van der Waals surface area contributed by atoms with Crippen molar-refractivity contribution in [2.24, 2.45) is 0 Å². The lowest BCUT2D eigenvalue weighted by molar-refractivity contribution is 0.0938. The smallest absolute Gasteiger partial charge is 0.257 e. The lowest BCUT2D eigenvalue weighted by Crippen LogP contribution is -2.27. The Bertz CT molecular complexity index is 646. The van der Waals surface area contributed by atoms with Crippen molar-refractivity contribution in [2.45, 2.75) is 26.8 Å². The maximum absolute atomic E-state index is 12.2. The third-order valence-corrected chi connectivity index (χ3v) is 3.15. The predicted octanol–water partition coefficient (Wildman–Crippen LogP) is 2.65. The van der Waals surface area contributed by atoms with Gasteiger partial charge in [-0.3, -0.25) is 4.79 Å². The number of carbonyl (C=O) groups excluding carboxylic acids is 1. The van der Waals surface area contributed by atoms with Crippen molar-refractivity contribution >= 4 is 5.91 Å². The van der Waals surface area contributed by atoms with Gasteiger partial charge in [0, 0.05) is 0 Å². The van der Waals surface area contributed by atoms with Crippen molar-refractivity contribution in [1.82, 2.24) is 10.5 Å². The fourth-order valence-corrected chi connectivity index (χ4v) is 2.01. The topological polar surface area (TPSA) is 78.9 Å². The number of rotatable bonds is 3. The molecule has 0 spiro atoms. The molecule has 2 aromatic rings. The molecule has 1 heterocycles. The number of nitrogens with zero attached hydrogens (tertiary/aromatic N) is 2. The molecule has 0 saturated carbocycles. The van der Waals surface area contributed by atoms with E-state index in [2.05, 4.69) is 16.5 Å². The van der Waals surface area contributed by atoms with Gasteiger partial charge in [0.15, 0.2) is 0 Å². The van der Waals surface area contributed by atoms with E-state index >= 15 is 0 Å². The maximum atomic E-state index is 12.2. The van der Waals surface area contributed by atoms with Gasteiger partial charge < -0.3 is 9.84 Å². The molecule has 1 amide bonds. The van der Waals surface area contributed by atoms with Gasteiger partial charge in [-0.05, 0) is 38.5 Å². The predicted molar refractivity (Wildman–Crippen MR) is 73.0 cm³/mol. The van der Waals surface area contributed by atoms with Gasteiger partial charge in [0.2, 0.25) is 0 Å². The van der Waals surface area contributed by atoms with Gasteiger partial charge >= 0.3 is 0 Å². The summed E-state index contributed by atoms with van der Waals surface area (Å²) >= 11 is 0. The van der Waals surface area contributed by atoms with E-state index in [1.807, 2.05) is 19.1 Å². The molecule has 5 heteroatoms. The Labute approximate surface area is 117 Å². The summed E-state index contributed by atoms with van der Waals surface area (Å²) in [6.07, 6.45) is 0. The molecule has 1 aromatic heterocycles. The van der Waals surface area contributed by atoms with Gasteiger partial charge in [0.05, 0.1) is 23.4 Å². The summed E-state index contributed by atoms with van der Waals surface area (Å²) in [7, 11) is 0. The highest BCUT2D eigenvalue weighted by atomic mass is 16.5. The van der Waals surface area contributed by atoms with Gasteiger partial charge in [-0.1, -0.05) is 17.3 Å².